The highest BCUT2D eigenvalue weighted by molar-refractivity contribution is 5.50. The van der Waals surface area contributed by atoms with Crippen molar-refractivity contribution in [3.8, 4) is 0 Å². The van der Waals surface area contributed by atoms with Crippen LogP contribution in [0.2, 0.25) is 0 Å². The van der Waals surface area contributed by atoms with Crippen LogP contribution in [0.3, 0.4) is 0 Å². The Hall–Kier alpha value is -0.570. The second-order valence-corrected chi connectivity index (χ2v) is 1.95. The molecular formula is C5H11N3. The van der Waals surface area contributed by atoms with Gasteiger partial charge in [0.1, 0.15) is 0 Å². The zero-order valence-corrected chi connectivity index (χ0v) is 4.85. The Bertz CT molecular complexity index is 75.7. The number of hydrogen-bond acceptors (Lipinski definition) is 2. The topological polar surface area (TPSA) is 39.1 Å². The third kappa shape index (κ3) is 1.20. The zero-order chi connectivity index (χ0) is 5.82. The van der Waals surface area contributed by atoms with E-state index in [4.69, 9.17) is 5.41 Å². The Labute approximate surface area is 49.2 Å². The molecule has 0 atom stereocenters. The molecule has 0 spiro atoms. The van der Waals surface area contributed by atoms with Crippen LogP contribution in [0, 0.1) is 5.41 Å². The molecule has 0 aromatic rings. The molecule has 0 unspecified atom stereocenters. The van der Waals surface area contributed by atoms with E-state index in [0.29, 0.717) is 0 Å². The van der Waals surface area contributed by atoms with Crippen molar-refractivity contribution in [1.29, 1.82) is 5.41 Å². The van der Waals surface area contributed by atoms with Gasteiger partial charge >= 0.3 is 0 Å². The first-order valence-corrected chi connectivity index (χ1v) is 2.89. The maximum absolute atomic E-state index is 6.86. The molecule has 1 aliphatic heterocycles. The van der Waals surface area contributed by atoms with Gasteiger partial charge in [0.25, 0.3) is 0 Å². The number of nitrogens with zero attached hydrogens (tertiary/aromatic N) is 1. The Morgan fingerprint density at radius 2 is 2.50 bits per heavy atom. The Balaban J connectivity index is 2.22. The molecule has 3 heteroatoms. The van der Waals surface area contributed by atoms with Crippen LogP contribution in [0.5, 0.6) is 0 Å². The lowest BCUT2D eigenvalue weighted by molar-refractivity contribution is 0.331. The number of hydrogen-bond donors (Lipinski definition) is 2. The Kier molecular flexibility index (Phi) is 1.86. The van der Waals surface area contributed by atoms with Crippen molar-refractivity contribution in [3.63, 3.8) is 0 Å². The SMILES string of the molecule is N=CN1CCCNC1. The Morgan fingerprint density at radius 3 is 2.88 bits per heavy atom. The van der Waals surface area contributed by atoms with Gasteiger partial charge in [-0.15, -0.1) is 0 Å². The minimum absolute atomic E-state index is 0.851. The summed E-state index contributed by atoms with van der Waals surface area (Å²) in [5, 5.41) is 10.0. The quantitative estimate of drug-likeness (QED) is 0.366. The largest absolute Gasteiger partial charge is 0.350 e. The van der Waals surface area contributed by atoms with Crippen LogP contribution in [-0.4, -0.2) is 31.0 Å². The van der Waals surface area contributed by atoms with Crippen molar-refractivity contribution in [2.45, 2.75) is 6.42 Å². The van der Waals surface area contributed by atoms with Crippen LogP contribution in [-0.2, 0) is 0 Å². The summed E-state index contributed by atoms with van der Waals surface area (Å²) in [5.41, 5.74) is 0. The second kappa shape index (κ2) is 2.67. The molecule has 0 aliphatic carbocycles. The monoisotopic (exact) mass is 113 g/mol. The predicted molar refractivity (Wildman–Crippen MR) is 33.0 cm³/mol. The highest BCUT2D eigenvalue weighted by Gasteiger charge is 2.02. The van der Waals surface area contributed by atoms with Crippen LogP contribution in [0.25, 0.3) is 0 Å². The molecule has 1 heterocycles. The van der Waals surface area contributed by atoms with Crippen LogP contribution < -0.4 is 5.32 Å². The lowest BCUT2D eigenvalue weighted by Crippen LogP contribution is -2.40. The van der Waals surface area contributed by atoms with Gasteiger partial charge < -0.3 is 4.90 Å². The van der Waals surface area contributed by atoms with E-state index in [0.717, 1.165) is 26.2 Å². The molecule has 1 saturated heterocycles. The van der Waals surface area contributed by atoms with E-state index in [9.17, 15) is 0 Å². The van der Waals surface area contributed by atoms with E-state index >= 15 is 0 Å². The fourth-order valence-corrected chi connectivity index (χ4v) is 0.819. The van der Waals surface area contributed by atoms with E-state index < -0.39 is 0 Å². The van der Waals surface area contributed by atoms with Crippen LogP contribution in [0.4, 0.5) is 0 Å². The summed E-state index contributed by atoms with van der Waals surface area (Å²) in [5.74, 6) is 0. The summed E-state index contributed by atoms with van der Waals surface area (Å²) in [6, 6.07) is 0. The van der Waals surface area contributed by atoms with E-state index in [1.807, 2.05) is 4.90 Å². The molecule has 2 N–H and O–H groups in total. The second-order valence-electron chi connectivity index (χ2n) is 1.95. The first-order chi connectivity index (χ1) is 3.93. The highest BCUT2D eigenvalue weighted by atomic mass is 15.2. The standard InChI is InChI=1S/C5H11N3/c6-4-8-3-1-2-7-5-8/h4,6-7H,1-3,5H2. The highest BCUT2D eigenvalue weighted by Crippen LogP contribution is 1.89. The smallest absolute Gasteiger partial charge is 0.0827 e. The predicted octanol–water partition coefficient (Wildman–Crippen LogP) is -0.154. The molecule has 0 radical (unpaired) electrons. The molecule has 0 aromatic heterocycles. The van der Waals surface area contributed by atoms with Gasteiger partial charge in [0.05, 0.1) is 13.0 Å². The van der Waals surface area contributed by atoms with Gasteiger partial charge in [-0.1, -0.05) is 0 Å². The first kappa shape index (κ1) is 5.56. The third-order valence-corrected chi connectivity index (χ3v) is 1.30. The summed E-state index contributed by atoms with van der Waals surface area (Å²) in [7, 11) is 0. The van der Waals surface area contributed by atoms with Gasteiger partial charge in [0.2, 0.25) is 0 Å². The maximum Gasteiger partial charge on any atom is 0.0827 e. The Morgan fingerprint density at radius 1 is 1.62 bits per heavy atom. The van der Waals surface area contributed by atoms with Crippen LogP contribution >= 0.6 is 0 Å². The maximum atomic E-state index is 6.86. The lowest BCUT2D eigenvalue weighted by atomic mass is 10.3. The molecular weight excluding hydrogens is 102 g/mol. The van der Waals surface area contributed by atoms with Crippen LogP contribution in [0.15, 0.2) is 0 Å². The zero-order valence-electron chi connectivity index (χ0n) is 4.85. The molecule has 3 nitrogen and oxygen atoms in total. The summed E-state index contributed by atoms with van der Waals surface area (Å²) in [6.07, 6.45) is 2.54. The lowest BCUT2D eigenvalue weighted by Gasteiger charge is -2.24. The van der Waals surface area contributed by atoms with Crippen molar-refractivity contribution >= 4 is 6.34 Å². The number of nitrogens with one attached hydrogen (secondary N) is 2. The summed E-state index contributed by atoms with van der Waals surface area (Å²) in [4.78, 5) is 1.95. The summed E-state index contributed by atoms with van der Waals surface area (Å²) in [6.45, 7) is 2.99. The minimum Gasteiger partial charge on any atom is -0.350 e. The molecule has 1 aliphatic rings. The molecule has 46 valence electrons. The van der Waals surface area contributed by atoms with Gasteiger partial charge in [-0.05, 0) is 13.0 Å². The van der Waals surface area contributed by atoms with Crippen molar-refractivity contribution in [2.24, 2.45) is 0 Å². The van der Waals surface area contributed by atoms with Gasteiger partial charge in [0, 0.05) is 6.54 Å². The summed E-state index contributed by atoms with van der Waals surface area (Å²) >= 11 is 0. The molecule has 1 fully saturated rings. The molecule has 8 heavy (non-hydrogen) atoms. The molecule has 1 rings (SSSR count). The van der Waals surface area contributed by atoms with E-state index in [1.165, 1.54) is 6.34 Å². The van der Waals surface area contributed by atoms with Crippen molar-refractivity contribution in [2.75, 3.05) is 19.8 Å². The summed E-state index contributed by atoms with van der Waals surface area (Å²) < 4.78 is 0. The van der Waals surface area contributed by atoms with E-state index in [2.05, 4.69) is 5.32 Å². The molecule has 0 bridgehead atoms. The fraction of sp³-hybridized carbons (Fsp3) is 0.800. The van der Waals surface area contributed by atoms with Crippen molar-refractivity contribution < 1.29 is 0 Å². The average Bonchev–Trinajstić information content (AvgIpc) is 1.90. The minimum atomic E-state index is 0.851. The van der Waals surface area contributed by atoms with E-state index in [1.54, 1.807) is 0 Å². The van der Waals surface area contributed by atoms with Crippen molar-refractivity contribution in [3.05, 3.63) is 0 Å². The average molecular weight is 113 g/mol. The third-order valence-electron chi connectivity index (χ3n) is 1.30. The van der Waals surface area contributed by atoms with Crippen molar-refractivity contribution in [1.82, 2.24) is 10.2 Å². The molecule has 0 aromatic carbocycles. The number of rotatable bonds is 1. The molecule has 0 saturated carbocycles. The normalized spacial score (nSPS) is 20.8. The van der Waals surface area contributed by atoms with Gasteiger partial charge in [0.15, 0.2) is 0 Å². The van der Waals surface area contributed by atoms with Crippen LogP contribution in [0.1, 0.15) is 6.42 Å². The first-order valence-electron chi connectivity index (χ1n) is 2.89. The van der Waals surface area contributed by atoms with Gasteiger partial charge in [-0.25, -0.2) is 0 Å². The van der Waals surface area contributed by atoms with E-state index in [-0.39, 0.29) is 0 Å². The van der Waals surface area contributed by atoms with Gasteiger partial charge in [-0.3, -0.25) is 10.7 Å². The fourth-order valence-electron chi connectivity index (χ4n) is 0.819. The van der Waals surface area contributed by atoms with Gasteiger partial charge in [-0.2, -0.15) is 0 Å². The molecule has 0 amide bonds.